The topological polar surface area (TPSA) is 71.1 Å². The second-order valence-corrected chi connectivity index (χ2v) is 7.47. The third-order valence-corrected chi connectivity index (χ3v) is 5.32. The first kappa shape index (κ1) is 20.8. The van der Waals surface area contributed by atoms with Crippen molar-refractivity contribution in [2.24, 2.45) is 0 Å². The zero-order valence-corrected chi connectivity index (χ0v) is 17.8. The van der Waals surface area contributed by atoms with Gasteiger partial charge in [0.2, 0.25) is 17.5 Å². The van der Waals surface area contributed by atoms with E-state index < -0.39 is 0 Å². The Bertz CT molecular complexity index is 1230. The molecule has 0 aliphatic carbocycles. The molecule has 0 amide bonds. The van der Waals surface area contributed by atoms with Gasteiger partial charge >= 0.3 is 0 Å². The number of nitrogens with zero attached hydrogens (tertiary/aromatic N) is 2. The molecule has 5 nitrogen and oxygen atoms in total. The molecule has 3 aromatic carbocycles. The number of hydrogen-bond acceptors (Lipinski definition) is 5. The maximum Gasteiger partial charge on any atom is 0.232 e. The molecule has 0 radical (unpaired) electrons. The van der Waals surface area contributed by atoms with Crippen LogP contribution in [0, 0.1) is 11.3 Å². The molecule has 0 saturated carbocycles. The fraction of sp³-hybridized carbons (Fsp3) is 0.0833. The van der Waals surface area contributed by atoms with Crippen LogP contribution in [0.4, 0.5) is 5.88 Å². The Morgan fingerprint density at radius 1 is 0.903 bits per heavy atom. The Balaban J connectivity index is 1.45. The van der Waals surface area contributed by atoms with Crippen molar-refractivity contribution >= 4 is 29.1 Å². The molecule has 0 fully saturated rings. The highest BCUT2D eigenvalue weighted by atomic mass is 35.5. The standard InChI is InChI=1S/C24H17Cl2N3O2/c25-20-7-3-1-5-17(20)14-28-24-22(13-27)29-23(31-24)16-9-11-19(12-10-16)30-15-18-6-2-4-8-21(18)26/h1-12,28H,14-15H2. The van der Waals surface area contributed by atoms with Gasteiger partial charge in [-0.2, -0.15) is 10.2 Å². The molecule has 1 aromatic heterocycles. The largest absolute Gasteiger partial charge is 0.489 e. The van der Waals surface area contributed by atoms with Crippen molar-refractivity contribution in [2.75, 3.05) is 5.32 Å². The lowest BCUT2D eigenvalue weighted by Crippen LogP contribution is -2.00. The number of ether oxygens (including phenoxy) is 1. The maximum atomic E-state index is 9.41. The average Bonchev–Trinajstić information content (AvgIpc) is 3.22. The summed E-state index contributed by atoms with van der Waals surface area (Å²) in [6.45, 7) is 0.782. The number of anilines is 1. The summed E-state index contributed by atoms with van der Waals surface area (Å²) in [4.78, 5) is 4.29. The summed E-state index contributed by atoms with van der Waals surface area (Å²) in [5.74, 6) is 1.33. The zero-order valence-electron chi connectivity index (χ0n) is 16.3. The molecule has 31 heavy (non-hydrogen) atoms. The lowest BCUT2D eigenvalue weighted by Gasteiger charge is -2.08. The Hall–Kier alpha value is -3.46. The van der Waals surface area contributed by atoms with E-state index in [2.05, 4.69) is 16.4 Å². The van der Waals surface area contributed by atoms with Crippen LogP contribution in [0.15, 0.2) is 77.2 Å². The van der Waals surface area contributed by atoms with Crippen molar-refractivity contribution in [2.45, 2.75) is 13.2 Å². The van der Waals surface area contributed by atoms with Gasteiger partial charge in [-0.15, -0.1) is 0 Å². The molecule has 0 bridgehead atoms. The van der Waals surface area contributed by atoms with Crippen molar-refractivity contribution in [3.63, 3.8) is 0 Å². The smallest absolute Gasteiger partial charge is 0.232 e. The van der Waals surface area contributed by atoms with E-state index in [-0.39, 0.29) is 5.69 Å². The molecule has 0 spiro atoms. The van der Waals surface area contributed by atoms with E-state index in [0.717, 1.165) is 16.7 Å². The highest BCUT2D eigenvalue weighted by Gasteiger charge is 2.15. The Morgan fingerprint density at radius 3 is 2.19 bits per heavy atom. The van der Waals surface area contributed by atoms with Gasteiger partial charge in [-0.1, -0.05) is 59.6 Å². The first-order valence-electron chi connectivity index (χ1n) is 9.49. The van der Waals surface area contributed by atoms with Gasteiger partial charge in [0.05, 0.1) is 0 Å². The quantitative estimate of drug-likeness (QED) is 0.339. The third-order valence-electron chi connectivity index (χ3n) is 4.58. The molecule has 4 aromatic rings. The predicted molar refractivity (Wildman–Crippen MR) is 121 cm³/mol. The van der Waals surface area contributed by atoms with Crippen molar-refractivity contribution in [1.29, 1.82) is 5.26 Å². The molecular formula is C24H17Cl2N3O2. The van der Waals surface area contributed by atoms with Gasteiger partial charge in [0, 0.05) is 27.7 Å². The molecular weight excluding hydrogens is 433 g/mol. The summed E-state index contributed by atoms with van der Waals surface area (Å²) in [7, 11) is 0. The highest BCUT2D eigenvalue weighted by Crippen LogP contribution is 2.28. The van der Waals surface area contributed by atoms with E-state index in [4.69, 9.17) is 32.4 Å². The molecule has 4 rings (SSSR count). The number of oxazole rings is 1. The van der Waals surface area contributed by atoms with Crippen LogP contribution in [0.2, 0.25) is 10.0 Å². The zero-order chi connectivity index (χ0) is 21.6. The molecule has 1 heterocycles. The van der Waals surface area contributed by atoms with Gasteiger partial charge in [0.1, 0.15) is 18.4 Å². The Labute approximate surface area is 189 Å². The first-order valence-corrected chi connectivity index (χ1v) is 10.2. The average molecular weight is 450 g/mol. The minimum atomic E-state index is 0.182. The predicted octanol–water partition coefficient (Wildman–Crippen LogP) is 6.71. The maximum absolute atomic E-state index is 9.41. The second-order valence-electron chi connectivity index (χ2n) is 6.66. The molecule has 1 N–H and O–H groups in total. The summed E-state index contributed by atoms with van der Waals surface area (Å²) in [6.07, 6.45) is 0. The van der Waals surface area contributed by atoms with Crippen molar-refractivity contribution in [3.05, 3.63) is 99.7 Å². The van der Waals surface area contributed by atoms with E-state index in [0.29, 0.717) is 40.7 Å². The van der Waals surface area contributed by atoms with Crippen molar-refractivity contribution in [3.8, 4) is 23.3 Å². The van der Waals surface area contributed by atoms with Crippen molar-refractivity contribution < 1.29 is 9.15 Å². The van der Waals surface area contributed by atoms with Crippen LogP contribution in [0.25, 0.3) is 11.5 Å². The highest BCUT2D eigenvalue weighted by molar-refractivity contribution is 6.31. The summed E-state index contributed by atoms with van der Waals surface area (Å²) in [5, 5.41) is 13.8. The summed E-state index contributed by atoms with van der Waals surface area (Å²) < 4.78 is 11.6. The van der Waals surface area contributed by atoms with E-state index in [1.165, 1.54) is 0 Å². The van der Waals surface area contributed by atoms with Gasteiger partial charge in [-0.25, -0.2) is 0 Å². The van der Waals surface area contributed by atoms with E-state index in [1.807, 2.05) is 72.8 Å². The Kier molecular flexibility index (Phi) is 6.42. The molecule has 0 unspecified atom stereocenters. The lowest BCUT2D eigenvalue weighted by atomic mass is 10.2. The monoisotopic (exact) mass is 449 g/mol. The van der Waals surface area contributed by atoms with Crippen LogP contribution >= 0.6 is 23.2 Å². The van der Waals surface area contributed by atoms with Gasteiger partial charge in [-0.05, 0) is 42.0 Å². The van der Waals surface area contributed by atoms with Crippen LogP contribution in [0.1, 0.15) is 16.8 Å². The third kappa shape index (κ3) is 5.00. The summed E-state index contributed by atoms with van der Waals surface area (Å²) in [6, 6.07) is 24.4. The minimum absolute atomic E-state index is 0.182. The first-order chi connectivity index (χ1) is 15.1. The van der Waals surface area contributed by atoms with Crippen molar-refractivity contribution in [1.82, 2.24) is 4.98 Å². The fourth-order valence-corrected chi connectivity index (χ4v) is 3.32. The molecule has 7 heteroatoms. The number of aromatic nitrogens is 1. The molecule has 0 saturated heterocycles. The van der Waals surface area contributed by atoms with Crippen LogP contribution in [-0.4, -0.2) is 4.98 Å². The van der Waals surface area contributed by atoms with E-state index in [9.17, 15) is 5.26 Å². The fourth-order valence-electron chi connectivity index (χ4n) is 2.93. The van der Waals surface area contributed by atoms with Gasteiger partial charge in [0.25, 0.3) is 0 Å². The lowest BCUT2D eigenvalue weighted by molar-refractivity contribution is 0.306. The second kappa shape index (κ2) is 9.57. The molecule has 0 aliphatic rings. The van der Waals surface area contributed by atoms with E-state index in [1.54, 1.807) is 0 Å². The van der Waals surface area contributed by atoms with Gasteiger partial charge in [0.15, 0.2) is 0 Å². The van der Waals surface area contributed by atoms with Crippen LogP contribution in [0.5, 0.6) is 5.75 Å². The van der Waals surface area contributed by atoms with Gasteiger partial charge < -0.3 is 14.5 Å². The number of benzene rings is 3. The van der Waals surface area contributed by atoms with Gasteiger partial charge in [-0.3, -0.25) is 0 Å². The molecule has 154 valence electrons. The number of rotatable bonds is 7. The normalized spacial score (nSPS) is 10.5. The number of hydrogen-bond donors (Lipinski definition) is 1. The number of halogens is 2. The molecule has 0 aliphatic heterocycles. The Morgan fingerprint density at radius 2 is 1.55 bits per heavy atom. The number of nitriles is 1. The van der Waals surface area contributed by atoms with Crippen LogP contribution < -0.4 is 10.1 Å². The minimum Gasteiger partial charge on any atom is -0.489 e. The summed E-state index contributed by atoms with van der Waals surface area (Å²) >= 11 is 12.3. The number of nitrogens with one attached hydrogen (secondary N) is 1. The van der Waals surface area contributed by atoms with E-state index >= 15 is 0 Å². The molecule has 0 atom stereocenters. The summed E-state index contributed by atoms with van der Waals surface area (Å²) in [5.41, 5.74) is 2.72. The SMILES string of the molecule is N#Cc1nc(-c2ccc(OCc3ccccc3Cl)cc2)oc1NCc1ccccc1Cl. The van der Waals surface area contributed by atoms with Crippen LogP contribution in [0.3, 0.4) is 0 Å². The van der Waals surface area contributed by atoms with Crippen LogP contribution in [-0.2, 0) is 13.2 Å².